The molecule has 0 fully saturated rings. The Bertz CT molecular complexity index is 4700. The van der Waals surface area contributed by atoms with Crippen LogP contribution < -0.4 is 9.80 Å². The van der Waals surface area contributed by atoms with E-state index < -0.39 is 0 Å². The van der Waals surface area contributed by atoms with Crippen molar-refractivity contribution < 1.29 is 0 Å². The summed E-state index contributed by atoms with van der Waals surface area (Å²) in [5.41, 5.74) is 32.1. The van der Waals surface area contributed by atoms with Crippen LogP contribution in [0.5, 0.6) is 0 Å². The van der Waals surface area contributed by atoms with Crippen LogP contribution in [0.25, 0.3) is 88.3 Å². The van der Waals surface area contributed by atoms with Crippen molar-refractivity contribution in [1.82, 2.24) is 0 Å². The Morgan fingerprint density at radius 1 is 0.205 bits per heavy atom. The number of hydrogen-bond acceptors (Lipinski definition) is 2. The van der Waals surface area contributed by atoms with Gasteiger partial charge in [0.1, 0.15) is 0 Å². The molecule has 0 spiro atoms. The maximum absolute atomic E-state index is 2.53. The molecule has 0 aromatic heterocycles. The maximum atomic E-state index is 2.53. The SMILES string of the molecule is CC1(C)c2ccccc2-c2ccc(-c3ccccc3-c3c4ccc(N5c6ccccc6C(C)(C)c6ccccc65)cc4c(-c4ccccc4-c4ccc5c(c4)C(C)(C)c4ccccc4-5)c4ccc(N5c6ccccc6C(C)(C)c6ccccc65)cc34)cc21. The summed E-state index contributed by atoms with van der Waals surface area (Å²) in [5, 5.41) is 4.79. The minimum atomic E-state index is -0.206. The summed E-state index contributed by atoms with van der Waals surface area (Å²) in [7, 11) is 0. The third kappa shape index (κ3) is 7.30. The average Bonchev–Trinajstić information content (AvgIpc) is 1.50. The van der Waals surface area contributed by atoms with Crippen LogP contribution in [0.1, 0.15) is 99.9 Å². The summed E-state index contributed by atoms with van der Waals surface area (Å²) in [6.45, 7) is 19.1. The molecule has 13 aromatic carbocycles. The summed E-state index contributed by atoms with van der Waals surface area (Å²) in [5.74, 6) is 0. The zero-order chi connectivity index (χ0) is 59.6. The van der Waals surface area contributed by atoms with Crippen LogP contribution >= 0.6 is 0 Å². The van der Waals surface area contributed by atoms with E-state index in [0.717, 1.165) is 11.4 Å². The Morgan fingerprint density at radius 2 is 0.477 bits per heavy atom. The van der Waals surface area contributed by atoms with Crippen LogP contribution in [0, 0.1) is 0 Å². The average molecular weight is 1130 g/mol. The van der Waals surface area contributed by atoms with E-state index in [9.17, 15) is 0 Å². The third-order valence-corrected chi connectivity index (χ3v) is 21.1. The van der Waals surface area contributed by atoms with Crippen LogP contribution in [0.15, 0.2) is 267 Å². The van der Waals surface area contributed by atoms with Crippen molar-refractivity contribution in [2.24, 2.45) is 0 Å². The van der Waals surface area contributed by atoms with Crippen LogP contribution in [-0.2, 0) is 21.7 Å². The van der Waals surface area contributed by atoms with Gasteiger partial charge in [-0.3, -0.25) is 0 Å². The van der Waals surface area contributed by atoms with Gasteiger partial charge < -0.3 is 9.80 Å². The maximum Gasteiger partial charge on any atom is 0.0502 e. The lowest BCUT2D eigenvalue weighted by molar-refractivity contribution is 0.632. The van der Waals surface area contributed by atoms with Gasteiger partial charge in [0.25, 0.3) is 0 Å². The number of benzene rings is 13. The fraction of sp³-hybridized carbons (Fsp3) is 0.140. The summed E-state index contributed by atoms with van der Waals surface area (Å²) in [6.07, 6.45) is 0. The van der Waals surface area contributed by atoms with Gasteiger partial charge in [0.05, 0.1) is 22.7 Å². The minimum absolute atomic E-state index is 0.161. The van der Waals surface area contributed by atoms with Crippen LogP contribution in [-0.4, -0.2) is 0 Å². The molecule has 0 saturated heterocycles. The summed E-state index contributed by atoms with van der Waals surface area (Å²) in [4.78, 5) is 5.06. The van der Waals surface area contributed by atoms with Gasteiger partial charge in [-0.15, -0.1) is 0 Å². The lowest BCUT2D eigenvalue weighted by atomic mass is 9.73. The van der Waals surface area contributed by atoms with Crippen molar-refractivity contribution in [1.29, 1.82) is 0 Å². The molecule has 13 aromatic rings. The smallest absolute Gasteiger partial charge is 0.0502 e. The Labute approximate surface area is 517 Å². The van der Waals surface area contributed by atoms with Gasteiger partial charge in [-0.25, -0.2) is 0 Å². The van der Waals surface area contributed by atoms with Gasteiger partial charge in [0.15, 0.2) is 0 Å². The molecule has 2 aliphatic heterocycles. The molecule has 2 nitrogen and oxygen atoms in total. The Hall–Kier alpha value is -10.0. The highest BCUT2D eigenvalue weighted by Gasteiger charge is 2.41. The van der Waals surface area contributed by atoms with E-state index in [-0.39, 0.29) is 21.7 Å². The highest BCUT2D eigenvalue weighted by Crippen LogP contribution is 2.58. The van der Waals surface area contributed by atoms with Crippen LogP contribution in [0.2, 0.25) is 0 Å². The zero-order valence-corrected chi connectivity index (χ0v) is 51.3. The highest BCUT2D eigenvalue weighted by atomic mass is 15.2. The number of rotatable bonds is 6. The van der Waals surface area contributed by atoms with E-state index in [1.807, 2.05) is 0 Å². The second-order valence-electron chi connectivity index (χ2n) is 27.2. The van der Waals surface area contributed by atoms with Crippen molar-refractivity contribution in [3.05, 3.63) is 311 Å². The van der Waals surface area contributed by atoms with Gasteiger partial charge >= 0.3 is 0 Å². The molecular weight excluding hydrogens is 1060 g/mol. The van der Waals surface area contributed by atoms with E-state index in [4.69, 9.17) is 0 Å². The van der Waals surface area contributed by atoms with Crippen molar-refractivity contribution in [2.45, 2.75) is 77.0 Å². The number of fused-ring (bicyclic) bond motifs is 12. The molecule has 0 unspecified atom stereocenters. The first-order chi connectivity index (χ1) is 42.7. The van der Waals surface area contributed by atoms with E-state index in [0.29, 0.717) is 0 Å². The number of anilines is 6. The van der Waals surface area contributed by atoms with Gasteiger partial charge in [0.2, 0.25) is 0 Å². The van der Waals surface area contributed by atoms with Crippen molar-refractivity contribution in [2.75, 3.05) is 9.80 Å². The second-order valence-corrected chi connectivity index (χ2v) is 27.2. The Morgan fingerprint density at radius 3 is 0.830 bits per heavy atom. The lowest BCUT2D eigenvalue weighted by Crippen LogP contribution is -2.30. The molecular formula is C86H68N2. The molecule has 0 bridgehead atoms. The predicted molar refractivity (Wildman–Crippen MR) is 372 cm³/mol. The molecule has 17 rings (SSSR count). The van der Waals surface area contributed by atoms with Gasteiger partial charge in [-0.1, -0.05) is 262 Å². The first kappa shape index (κ1) is 52.3. The number of hydrogen-bond donors (Lipinski definition) is 0. The molecule has 0 amide bonds. The highest BCUT2D eigenvalue weighted by molar-refractivity contribution is 6.25. The van der Waals surface area contributed by atoms with E-state index in [1.54, 1.807) is 0 Å². The molecule has 2 heterocycles. The first-order valence-corrected chi connectivity index (χ1v) is 31.4. The van der Waals surface area contributed by atoms with E-state index in [1.165, 1.54) is 156 Å². The van der Waals surface area contributed by atoms with Crippen LogP contribution in [0.4, 0.5) is 34.1 Å². The molecule has 0 atom stereocenters. The fourth-order valence-corrected chi connectivity index (χ4v) is 16.6. The van der Waals surface area contributed by atoms with Crippen molar-refractivity contribution >= 4 is 55.7 Å². The minimum Gasteiger partial charge on any atom is -0.310 e. The van der Waals surface area contributed by atoms with Gasteiger partial charge in [-0.05, 0) is 193 Å². The molecule has 4 aliphatic rings. The van der Waals surface area contributed by atoms with Crippen molar-refractivity contribution in [3.63, 3.8) is 0 Å². The molecule has 422 valence electrons. The third-order valence-electron chi connectivity index (χ3n) is 21.1. The second kappa shape index (κ2) is 18.7. The molecule has 0 N–H and O–H groups in total. The van der Waals surface area contributed by atoms with Crippen molar-refractivity contribution in [3.8, 4) is 66.8 Å². The van der Waals surface area contributed by atoms with E-state index >= 15 is 0 Å². The zero-order valence-electron chi connectivity index (χ0n) is 51.3. The molecule has 2 aliphatic carbocycles. The molecule has 0 saturated carbocycles. The topological polar surface area (TPSA) is 6.48 Å². The molecule has 0 radical (unpaired) electrons. The largest absolute Gasteiger partial charge is 0.310 e. The number of nitrogens with zero attached hydrogens (tertiary/aromatic N) is 2. The van der Waals surface area contributed by atoms with Crippen LogP contribution in [0.3, 0.4) is 0 Å². The predicted octanol–water partition coefficient (Wildman–Crippen LogP) is 23.5. The van der Waals surface area contributed by atoms with Gasteiger partial charge in [-0.2, -0.15) is 0 Å². The quantitative estimate of drug-likeness (QED) is 0.153. The van der Waals surface area contributed by atoms with Gasteiger partial charge in [0, 0.05) is 33.0 Å². The number of para-hydroxylation sites is 4. The summed E-state index contributed by atoms with van der Waals surface area (Å²) >= 11 is 0. The summed E-state index contributed by atoms with van der Waals surface area (Å²) in [6, 6.07) is 102. The first-order valence-electron chi connectivity index (χ1n) is 31.4. The normalized spacial score (nSPS) is 15.6. The molecule has 2 heteroatoms. The summed E-state index contributed by atoms with van der Waals surface area (Å²) < 4.78 is 0. The fourth-order valence-electron chi connectivity index (χ4n) is 16.6. The monoisotopic (exact) mass is 1130 g/mol. The Balaban J connectivity index is 0.990. The standard InChI is InChI=1S/C86H68N2/c1-83(2)69-31-15-13-27-59(69)61-45-41-53(49-75(61)83)57-25-9-11-29-63(57)81-65-47-43-56(88-79-39-23-19-35-73(79)86(7,8)74-36-20-24-40-80(74)88)52-68(65)82(64-30-12-10-26-58(64)54-42-46-62-60-28-14-16-32-70(60)84(3,4)76(62)50-54)66-48-44-55(51-67(66)81)87-77-37-21-17-33-71(77)85(5,6)72-34-18-22-38-78(72)87/h9-52H,1-8H3. The Kier molecular flexibility index (Phi) is 11.1. The molecule has 88 heavy (non-hydrogen) atoms. The lowest BCUT2D eigenvalue weighted by Gasteiger charge is -2.42. The van der Waals surface area contributed by atoms with E-state index in [2.05, 4.69) is 332 Å².